The van der Waals surface area contributed by atoms with Gasteiger partial charge in [-0.2, -0.15) is 5.10 Å². The van der Waals surface area contributed by atoms with Crippen molar-refractivity contribution in [2.45, 2.75) is 19.8 Å². The molecule has 1 aliphatic rings. The van der Waals surface area contributed by atoms with Crippen LogP contribution in [-0.2, 0) is 9.53 Å². The van der Waals surface area contributed by atoms with E-state index < -0.39 is 0 Å². The molecular formula is C13H14N2O3. The van der Waals surface area contributed by atoms with Gasteiger partial charge in [0.25, 0.3) is 0 Å². The molecule has 1 amide bonds. The number of rotatable bonds is 3. The SMILES string of the molecule is CCOC(=O)c1ccc(C2=NNC(=O)CC2)cc1. The second-order valence-electron chi connectivity index (χ2n) is 3.89. The lowest BCUT2D eigenvalue weighted by Gasteiger charge is -2.12. The van der Waals surface area contributed by atoms with Crippen LogP contribution in [0.1, 0.15) is 35.7 Å². The number of nitrogens with one attached hydrogen (secondary N) is 1. The fraction of sp³-hybridized carbons (Fsp3) is 0.308. The standard InChI is InChI=1S/C13H14N2O3/c1-2-18-13(17)10-5-3-9(4-6-10)11-7-8-12(16)15-14-11/h3-6H,2,7-8H2,1H3,(H,15,16). The van der Waals surface area contributed by atoms with Crippen LogP contribution in [0.25, 0.3) is 0 Å². The van der Waals surface area contributed by atoms with Gasteiger partial charge in [0.1, 0.15) is 0 Å². The Labute approximate surface area is 105 Å². The lowest BCUT2D eigenvalue weighted by molar-refractivity contribution is -0.121. The van der Waals surface area contributed by atoms with Crippen molar-refractivity contribution in [2.75, 3.05) is 6.61 Å². The molecule has 1 aromatic carbocycles. The Morgan fingerprint density at radius 3 is 2.61 bits per heavy atom. The maximum Gasteiger partial charge on any atom is 0.338 e. The number of hydrazone groups is 1. The molecule has 0 fully saturated rings. The first kappa shape index (κ1) is 12.3. The Bertz CT molecular complexity index is 491. The normalized spacial score (nSPS) is 14.7. The molecule has 1 aliphatic heterocycles. The Kier molecular flexibility index (Phi) is 3.72. The van der Waals surface area contributed by atoms with Crippen LogP contribution in [0.3, 0.4) is 0 Å². The van der Waals surface area contributed by atoms with Crippen molar-refractivity contribution in [3.8, 4) is 0 Å². The second-order valence-corrected chi connectivity index (χ2v) is 3.89. The highest BCUT2D eigenvalue weighted by molar-refractivity contribution is 6.04. The Morgan fingerprint density at radius 1 is 1.33 bits per heavy atom. The molecule has 0 radical (unpaired) electrons. The summed E-state index contributed by atoms with van der Waals surface area (Å²) in [6.07, 6.45) is 1.06. The summed E-state index contributed by atoms with van der Waals surface area (Å²) >= 11 is 0. The van der Waals surface area contributed by atoms with Crippen molar-refractivity contribution in [3.63, 3.8) is 0 Å². The van der Waals surface area contributed by atoms with Crippen LogP contribution >= 0.6 is 0 Å². The van der Waals surface area contributed by atoms with Crippen LogP contribution in [0.5, 0.6) is 0 Å². The van der Waals surface area contributed by atoms with Crippen LogP contribution in [0.2, 0.25) is 0 Å². The lowest BCUT2D eigenvalue weighted by atomic mass is 10.0. The van der Waals surface area contributed by atoms with E-state index >= 15 is 0 Å². The van der Waals surface area contributed by atoms with E-state index in [0.717, 1.165) is 11.3 Å². The number of hydrogen-bond acceptors (Lipinski definition) is 4. The molecule has 0 saturated carbocycles. The van der Waals surface area contributed by atoms with Crippen LogP contribution < -0.4 is 5.43 Å². The number of ether oxygens (including phenoxy) is 1. The molecule has 1 heterocycles. The molecule has 1 N–H and O–H groups in total. The van der Waals surface area contributed by atoms with E-state index in [0.29, 0.717) is 25.0 Å². The van der Waals surface area contributed by atoms with E-state index in [2.05, 4.69) is 10.5 Å². The molecule has 5 nitrogen and oxygen atoms in total. The van der Waals surface area contributed by atoms with Crippen LogP contribution in [0, 0.1) is 0 Å². The van der Waals surface area contributed by atoms with E-state index in [-0.39, 0.29) is 11.9 Å². The molecule has 0 bridgehead atoms. The van der Waals surface area contributed by atoms with Gasteiger partial charge in [-0.1, -0.05) is 12.1 Å². The van der Waals surface area contributed by atoms with Gasteiger partial charge in [-0.15, -0.1) is 0 Å². The molecule has 0 aromatic heterocycles. The first-order valence-corrected chi connectivity index (χ1v) is 5.83. The second kappa shape index (κ2) is 5.44. The third-order valence-electron chi connectivity index (χ3n) is 2.63. The smallest absolute Gasteiger partial charge is 0.338 e. The molecular weight excluding hydrogens is 232 g/mol. The monoisotopic (exact) mass is 246 g/mol. The topological polar surface area (TPSA) is 67.8 Å². The number of benzene rings is 1. The van der Waals surface area contributed by atoms with Crippen molar-refractivity contribution in [1.29, 1.82) is 0 Å². The molecule has 94 valence electrons. The highest BCUT2D eigenvalue weighted by atomic mass is 16.5. The van der Waals surface area contributed by atoms with Gasteiger partial charge < -0.3 is 4.74 Å². The highest BCUT2D eigenvalue weighted by Gasteiger charge is 2.14. The summed E-state index contributed by atoms with van der Waals surface area (Å²) in [6.45, 7) is 2.13. The Balaban J connectivity index is 2.13. The zero-order valence-corrected chi connectivity index (χ0v) is 10.1. The van der Waals surface area contributed by atoms with Gasteiger partial charge in [-0.05, 0) is 24.6 Å². The molecule has 0 atom stereocenters. The minimum absolute atomic E-state index is 0.0677. The maximum atomic E-state index is 11.5. The number of amides is 1. The van der Waals surface area contributed by atoms with E-state index in [9.17, 15) is 9.59 Å². The number of carbonyl (C=O) groups is 2. The van der Waals surface area contributed by atoms with Crippen LogP contribution in [0.4, 0.5) is 0 Å². The third-order valence-corrected chi connectivity index (χ3v) is 2.63. The van der Waals surface area contributed by atoms with Gasteiger partial charge in [0.15, 0.2) is 0 Å². The molecule has 2 rings (SSSR count). The number of carbonyl (C=O) groups excluding carboxylic acids is 2. The molecule has 1 aromatic rings. The van der Waals surface area contributed by atoms with Gasteiger partial charge in [-0.3, -0.25) is 4.79 Å². The summed E-state index contributed by atoms with van der Waals surface area (Å²) in [4.78, 5) is 22.4. The molecule has 18 heavy (non-hydrogen) atoms. The van der Waals surface area contributed by atoms with Gasteiger partial charge in [0.05, 0.1) is 17.9 Å². The van der Waals surface area contributed by atoms with Gasteiger partial charge >= 0.3 is 5.97 Å². The van der Waals surface area contributed by atoms with Crippen molar-refractivity contribution in [3.05, 3.63) is 35.4 Å². The van der Waals surface area contributed by atoms with E-state index in [1.807, 2.05) is 12.1 Å². The number of nitrogens with zero attached hydrogens (tertiary/aromatic N) is 1. The fourth-order valence-electron chi connectivity index (χ4n) is 1.70. The first-order valence-electron chi connectivity index (χ1n) is 5.83. The first-order chi connectivity index (χ1) is 8.70. The summed E-state index contributed by atoms with van der Waals surface area (Å²) < 4.78 is 4.90. The average molecular weight is 246 g/mol. The molecule has 0 saturated heterocycles. The Morgan fingerprint density at radius 2 is 2.06 bits per heavy atom. The van der Waals surface area contributed by atoms with E-state index in [1.165, 1.54) is 0 Å². The van der Waals surface area contributed by atoms with Gasteiger partial charge in [0, 0.05) is 12.8 Å². The summed E-state index contributed by atoms with van der Waals surface area (Å²) in [7, 11) is 0. The van der Waals surface area contributed by atoms with Gasteiger partial charge in [-0.25, -0.2) is 10.2 Å². The van der Waals surface area contributed by atoms with Crippen molar-refractivity contribution >= 4 is 17.6 Å². The predicted octanol–water partition coefficient (Wildman–Crippen LogP) is 1.48. The average Bonchev–Trinajstić information content (AvgIpc) is 2.40. The zero-order chi connectivity index (χ0) is 13.0. The van der Waals surface area contributed by atoms with Gasteiger partial charge in [0.2, 0.25) is 5.91 Å². The Hall–Kier alpha value is -2.17. The summed E-state index contributed by atoms with van der Waals surface area (Å²) in [5.74, 6) is -0.398. The van der Waals surface area contributed by atoms with Crippen LogP contribution in [-0.4, -0.2) is 24.2 Å². The summed E-state index contributed by atoms with van der Waals surface area (Å²) in [5, 5.41) is 3.99. The zero-order valence-electron chi connectivity index (χ0n) is 10.1. The third kappa shape index (κ3) is 2.74. The van der Waals surface area contributed by atoms with E-state index in [1.54, 1.807) is 19.1 Å². The highest BCUT2D eigenvalue weighted by Crippen LogP contribution is 2.12. The molecule has 0 aliphatic carbocycles. The number of hydrogen-bond donors (Lipinski definition) is 1. The minimum atomic E-state index is -0.331. The van der Waals surface area contributed by atoms with E-state index in [4.69, 9.17) is 4.74 Å². The maximum absolute atomic E-state index is 11.5. The number of esters is 1. The molecule has 0 spiro atoms. The predicted molar refractivity (Wildman–Crippen MR) is 66.3 cm³/mol. The molecule has 5 heteroatoms. The largest absolute Gasteiger partial charge is 0.462 e. The van der Waals surface area contributed by atoms with Crippen molar-refractivity contribution < 1.29 is 14.3 Å². The van der Waals surface area contributed by atoms with Crippen LogP contribution in [0.15, 0.2) is 29.4 Å². The van der Waals surface area contributed by atoms with Crippen molar-refractivity contribution in [2.24, 2.45) is 5.10 Å². The lowest BCUT2D eigenvalue weighted by Crippen LogP contribution is -2.25. The van der Waals surface area contributed by atoms with Crippen molar-refractivity contribution in [1.82, 2.24) is 5.43 Å². The molecule has 0 unspecified atom stereocenters. The fourth-order valence-corrected chi connectivity index (χ4v) is 1.70. The summed E-state index contributed by atoms with van der Waals surface area (Å²) in [5.41, 5.74) is 4.69. The summed E-state index contributed by atoms with van der Waals surface area (Å²) in [6, 6.07) is 7.02. The quantitative estimate of drug-likeness (QED) is 0.821. The minimum Gasteiger partial charge on any atom is -0.462 e.